The number of rotatable bonds is 6. The fourth-order valence-corrected chi connectivity index (χ4v) is 4.24. The number of hydrogen-bond donors (Lipinski definition) is 0. The summed E-state index contributed by atoms with van der Waals surface area (Å²) in [5.41, 5.74) is 0. The summed E-state index contributed by atoms with van der Waals surface area (Å²) in [6, 6.07) is 0. The first kappa shape index (κ1) is 12.1. The lowest BCUT2D eigenvalue weighted by Gasteiger charge is -2.00. The van der Waals surface area contributed by atoms with Gasteiger partial charge in [0.05, 0.1) is 5.75 Å². The highest BCUT2D eigenvalue weighted by molar-refractivity contribution is 8.04. The van der Waals surface area contributed by atoms with E-state index in [9.17, 15) is 8.42 Å². The van der Waals surface area contributed by atoms with Gasteiger partial charge in [-0.3, -0.25) is 0 Å². The summed E-state index contributed by atoms with van der Waals surface area (Å²) >= 11 is 1.72. The zero-order chi connectivity index (χ0) is 10.4. The van der Waals surface area contributed by atoms with Crippen molar-refractivity contribution < 1.29 is 8.42 Å². The van der Waals surface area contributed by atoms with Crippen LogP contribution in [0.5, 0.6) is 0 Å². The molecule has 1 heterocycles. The molecule has 14 heavy (non-hydrogen) atoms. The first-order valence-corrected chi connectivity index (χ1v) is 7.90. The monoisotopic (exact) mass is 234 g/mol. The quantitative estimate of drug-likeness (QED) is 0.663. The van der Waals surface area contributed by atoms with Crippen LogP contribution < -0.4 is 0 Å². The third-order valence-corrected chi connectivity index (χ3v) is 4.98. The molecule has 1 aliphatic heterocycles. The van der Waals surface area contributed by atoms with Gasteiger partial charge in [-0.2, -0.15) is 0 Å². The summed E-state index contributed by atoms with van der Waals surface area (Å²) < 4.78 is 22.2. The lowest BCUT2D eigenvalue weighted by Crippen LogP contribution is -1.92. The Morgan fingerprint density at radius 3 is 2.71 bits per heavy atom. The lowest BCUT2D eigenvalue weighted by atomic mass is 10.2. The molecule has 0 fully saturated rings. The molecule has 0 saturated heterocycles. The molecule has 0 radical (unpaired) electrons. The van der Waals surface area contributed by atoms with Crippen LogP contribution in [0.15, 0.2) is 10.3 Å². The summed E-state index contributed by atoms with van der Waals surface area (Å²) in [5, 5.41) is 1.46. The van der Waals surface area contributed by atoms with E-state index in [0.29, 0.717) is 5.75 Å². The summed E-state index contributed by atoms with van der Waals surface area (Å²) in [6.45, 7) is 2.19. The van der Waals surface area contributed by atoms with Gasteiger partial charge in [0.1, 0.15) is 0 Å². The van der Waals surface area contributed by atoms with Gasteiger partial charge in [-0.25, -0.2) is 8.42 Å². The second-order valence-corrected chi connectivity index (χ2v) is 6.80. The van der Waals surface area contributed by atoms with E-state index in [1.54, 1.807) is 11.8 Å². The predicted octanol–water partition coefficient (Wildman–Crippen LogP) is 2.96. The van der Waals surface area contributed by atoms with Crippen LogP contribution in [0.25, 0.3) is 0 Å². The Kier molecular flexibility index (Phi) is 5.02. The van der Waals surface area contributed by atoms with Gasteiger partial charge in [0.2, 0.25) is 0 Å². The lowest BCUT2D eigenvalue weighted by molar-refractivity contribution is 0.606. The van der Waals surface area contributed by atoms with E-state index in [1.165, 1.54) is 31.1 Å². The number of allylic oxidation sites excluding steroid dienone is 1. The van der Waals surface area contributed by atoms with Crippen molar-refractivity contribution in [2.45, 2.75) is 39.0 Å². The van der Waals surface area contributed by atoms with Crippen LogP contribution in [0.2, 0.25) is 0 Å². The van der Waals surface area contributed by atoms with Gasteiger partial charge in [-0.05, 0) is 23.5 Å². The van der Waals surface area contributed by atoms with E-state index in [1.807, 2.05) is 0 Å². The SMILES string of the molecule is CCCCCCSC1=CS(=O)(=O)CC1. The molecule has 0 spiro atoms. The molecule has 0 amide bonds. The third kappa shape index (κ3) is 4.51. The van der Waals surface area contributed by atoms with Crippen LogP contribution in [-0.4, -0.2) is 19.9 Å². The first-order valence-electron chi connectivity index (χ1n) is 5.20. The minimum Gasteiger partial charge on any atom is -0.224 e. The average Bonchev–Trinajstić information content (AvgIpc) is 2.45. The maximum absolute atomic E-state index is 11.1. The van der Waals surface area contributed by atoms with Gasteiger partial charge in [-0.15, -0.1) is 11.8 Å². The molecule has 1 aliphatic rings. The maximum atomic E-state index is 11.1. The molecule has 0 aromatic rings. The van der Waals surface area contributed by atoms with Crippen LogP contribution in [0.3, 0.4) is 0 Å². The Hall–Kier alpha value is 0.0400. The molecule has 0 aromatic carbocycles. The molecule has 82 valence electrons. The fraction of sp³-hybridized carbons (Fsp3) is 0.800. The number of hydrogen-bond acceptors (Lipinski definition) is 3. The number of unbranched alkanes of at least 4 members (excludes halogenated alkanes) is 3. The molecule has 2 nitrogen and oxygen atoms in total. The average molecular weight is 234 g/mol. The standard InChI is InChI=1S/C10H18O2S2/c1-2-3-4-5-7-13-10-6-8-14(11,12)9-10/h9H,2-8H2,1H3. The summed E-state index contributed by atoms with van der Waals surface area (Å²) in [7, 11) is -2.83. The van der Waals surface area contributed by atoms with Gasteiger partial charge >= 0.3 is 0 Å². The van der Waals surface area contributed by atoms with Crippen molar-refractivity contribution in [2.75, 3.05) is 11.5 Å². The molecule has 0 N–H and O–H groups in total. The van der Waals surface area contributed by atoms with Crippen molar-refractivity contribution in [3.05, 3.63) is 10.3 Å². The molecule has 0 bridgehead atoms. The minimum absolute atomic E-state index is 0.324. The normalized spacial score (nSPS) is 19.6. The summed E-state index contributed by atoms with van der Waals surface area (Å²) in [5.74, 6) is 1.39. The zero-order valence-electron chi connectivity index (χ0n) is 8.66. The Morgan fingerprint density at radius 1 is 1.36 bits per heavy atom. The van der Waals surface area contributed by atoms with Gasteiger partial charge < -0.3 is 0 Å². The fourth-order valence-electron chi connectivity index (χ4n) is 1.40. The Labute approximate surface area is 91.1 Å². The molecular weight excluding hydrogens is 216 g/mol. The topological polar surface area (TPSA) is 34.1 Å². The van der Waals surface area contributed by atoms with Crippen molar-refractivity contribution >= 4 is 21.6 Å². The van der Waals surface area contributed by atoms with Crippen LogP contribution >= 0.6 is 11.8 Å². The highest BCUT2D eigenvalue weighted by Crippen LogP contribution is 2.28. The Morgan fingerprint density at radius 2 is 2.14 bits per heavy atom. The van der Waals surface area contributed by atoms with E-state index < -0.39 is 9.84 Å². The molecule has 0 unspecified atom stereocenters. The first-order chi connectivity index (χ1) is 6.64. The van der Waals surface area contributed by atoms with Crippen LogP contribution in [0.1, 0.15) is 39.0 Å². The molecule has 0 aromatic heterocycles. The third-order valence-electron chi connectivity index (χ3n) is 2.23. The van der Waals surface area contributed by atoms with E-state index in [0.717, 1.165) is 17.1 Å². The highest BCUT2D eigenvalue weighted by atomic mass is 32.2. The van der Waals surface area contributed by atoms with Crippen LogP contribution in [-0.2, 0) is 9.84 Å². The second-order valence-electron chi connectivity index (χ2n) is 3.61. The Bertz CT molecular complexity index is 291. The van der Waals surface area contributed by atoms with Gasteiger partial charge in [0.25, 0.3) is 0 Å². The summed E-state index contributed by atoms with van der Waals surface area (Å²) in [6.07, 6.45) is 5.75. The van der Waals surface area contributed by atoms with Crippen molar-refractivity contribution in [2.24, 2.45) is 0 Å². The van der Waals surface area contributed by atoms with Gasteiger partial charge in [0.15, 0.2) is 9.84 Å². The Balaban J connectivity index is 2.14. The van der Waals surface area contributed by atoms with E-state index >= 15 is 0 Å². The molecule has 1 rings (SSSR count). The van der Waals surface area contributed by atoms with Crippen molar-refractivity contribution in [3.8, 4) is 0 Å². The van der Waals surface area contributed by atoms with Crippen molar-refractivity contribution in [1.29, 1.82) is 0 Å². The van der Waals surface area contributed by atoms with E-state index in [4.69, 9.17) is 0 Å². The van der Waals surface area contributed by atoms with Gasteiger partial charge in [-0.1, -0.05) is 26.2 Å². The second kappa shape index (κ2) is 5.81. The predicted molar refractivity (Wildman–Crippen MR) is 63.1 cm³/mol. The maximum Gasteiger partial charge on any atom is 0.172 e. The molecule has 0 aliphatic carbocycles. The zero-order valence-corrected chi connectivity index (χ0v) is 10.3. The van der Waals surface area contributed by atoms with E-state index in [-0.39, 0.29) is 0 Å². The minimum atomic E-state index is -2.83. The molecule has 0 atom stereocenters. The van der Waals surface area contributed by atoms with Gasteiger partial charge in [0, 0.05) is 5.41 Å². The number of sulfone groups is 1. The smallest absolute Gasteiger partial charge is 0.172 e. The van der Waals surface area contributed by atoms with Crippen LogP contribution in [0, 0.1) is 0 Å². The highest BCUT2D eigenvalue weighted by Gasteiger charge is 2.17. The summed E-state index contributed by atoms with van der Waals surface area (Å²) in [4.78, 5) is 1.06. The van der Waals surface area contributed by atoms with E-state index in [2.05, 4.69) is 6.92 Å². The van der Waals surface area contributed by atoms with Crippen LogP contribution in [0.4, 0.5) is 0 Å². The molecule has 4 heteroatoms. The molecule has 0 saturated carbocycles. The van der Waals surface area contributed by atoms with Crippen molar-refractivity contribution in [1.82, 2.24) is 0 Å². The largest absolute Gasteiger partial charge is 0.224 e. The number of thioether (sulfide) groups is 1. The van der Waals surface area contributed by atoms with Crippen molar-refractivity contribution in [3.63, 3.8) is 0 Å². The molecular formula is C10H18O2S2.